The fraction of sp³-hybridized carbons (Fsp3) is 0.111. The number of nitrogens with zero attached hydrogens (tertiary/aromatic N) is 1. The molecule has 0 saturated carbocycles. The van der Waals surface area contributed by atoms with Crippen LogP contribution in [0, 0.1) is 10.1 Å². The van der Waals surface area contributed by atoms with E-state index in [1.807, 2.05) is 0 Å². The maximum absolute atomic E-state index is 11.8. The number of nitro benzene ring substituents is 1. The van der Waals surface area contributed by atoms with E-state index in [0.717, 1.165) is 0 Å². The fourth-order valence-electron chi connectivity index (χ4n) is 1.48. The molecule has 0 unspecified atom stereocenters. The molecule has 1 aromatic rings. The minimum Gasteiger partial charge on any atom is -0.317 e. The van der Waals surface area contributed by atoms with Crippen LogP contribution in [-0.2, 0) is 4.79 Å². The Kier molecular flexibility index (Phi) is 2.56. The normalized spacial score (nSPS) is 17.3. The molecule has 0 spiro atoms. The number of anilines is 1. The Bertz CT molecular complexity index is 556. The van der Waals surface area contributed by atoms with Crippen molar-refractivity contribution in [2.75, 3.05) is 5.32 Å². The molecule has 0 radical (unpaired) electrons. The van der Waals surface area contributed by atoms with Crippen LogP contribution in [-0.4, -0.2) is 20.9 Å². The zero-order valence-corrected chi connectivity index (χ0v) is 9.58. The average Bonchev–Trinajstić information content (AvgIpc) is 2.26. The van der Waals surface area contributed by atoms with E-state index in [9.17, 15) is 19.7 Å². The number of nitro groups is 1. The summed E-state index contributed by atoms with van der Waals surface area (Å²) in [6.45, 7) is 0. The molecule has 0 bridgehead atoms. The van der Waals surface area contributed by atoms with Crippen molar-refractivity contribution in [1.82, 2.24) is 0 Å². The fourth-order valence-corrected chi connectivity index (χ4v) is 1.78. The lowest BCUT2D eigenvalue weighted by molar-refractivity contribution is -0.384. The number of rotatable bonds is 1. The number of ketones is 1. The van der Waals surface area contributed by atoms with Crippen LogP contribution in [0.2, 0.25) is 0 Å². The molecule has 0 aliphatic carbocycles. The first-order valence-corrected chi connectivity index (χ1v) is 5.12. The third kappa shape index (κ3) is 1.65. The van der Waals surface area contributed by atoms with Gasteiger partial charge < -0.3 is 5.32 Å². The lowest BCUT2D eigenvalue weighted by Crippen LogP contribution is -2.44. The highest BCUT2D eigenvalue weighted by atomic mass is 35.5. The molecular weight excluding hydrogens is 271 g/mol. The lowest BCUT2D eigenvalue weighted by Gasteiger charge is -2.24. The van der Waals surface area contributed by atoms with Crippen molar-refractivity contribution in [3.63, 3.8) is 0 Å². The molecule has 8 heteroatoms. The van der Waals surface area contributed by atoms with E-state index in [1.165, 1.54) is 18.2 Å². The van der Waals surface area contributed by atoms with Gasteiger partial charge in [0.1, 0.15) is 5.69 Å². The van der Waals surface area contributed by atoms with Gasteiger partial charge in [0, 0.05) is 6.07 Å². The Morgan fingerprint density at radius 2 is 1.94 bits per heavy atom. The second kappa shape index (κ2) is 3.68. The first-order chi connectivity index (χ1) is 7.85. The van der Waals surface area contributed by atoms with Crippen LogP contribution in [0.25, 0.3) is 0 Å². The number of alkyl halides is 2. The topological polar surface area (TPSA) is 89.3 Å². The molecule has 1 aliphatic rings. The van der Waals surface area contributed by atoms with Gasteiger partial charge in [-0.15, -0.1) is 0 Å². The highest BCUT2D eigenvalue weighted by molar-refractivity contribution is 6.71. The number of carbonyl (C=O) groups excluding carboxylic acids is 2. The molecule has 1 aromatic carbocycles. The van der Waals surface area contributed by atoms with Crippen LogP contribution < -0.4 is 5.32 Å². The minimum absolute atomic E-state index is 0.0798. The van der Waals surface area contributed by atoms with E-state index < -0.39 is 20.9 Å². The van der Waals surface area contributed by atoms with Gasteiger partial charge in [0.05, 0.1) is 10.5 Å². The van der Waals surface area contributed by atoms with E-state index >= 15 is 0 Å². The molecule has 1 heterocycles. The van der Waals surface area contributed by atoms with Crippen molar-refractivity contribution >= 4 is 46.3 Å². The maximum Gasteiger partial charge on any atom is 0.293 e. The summed E-state index contributed by atoms with van der Waals surface area (Å²) in [4.78, 5) is 33.2. The Morgan fingerprint density at radius 1 is 1.29 bits per heavy atom. The van der Waals surface area contributed by atoms with Gasteiger partial charge in [-0.3, -0.25) is 19.7 Å². The third-order valence-electron chi connectivity index (χ3n) is 2.29. The zero-order valence-electron chi connectivity index (χ0n) is 8.07. The van der Waals surface area contributed by atoms with Crippen LogP contribution in [0.4, 0.5) is 11.4 Å². The van der Waals surface area contributed by atoms with E-state index in [2.05, 4.69) is 5.32 Å². The summed E-state index contributed by atoms with van der Waals surface area (Å²) in [6.07, 6.45) is 0. The standard InChI is InChI=1S/C9H4Cl2N2O4/c10-9(11)7(14)4-2-1-3-5(13(16)17)6(4)12-8(9)15/h1-3H,(H,12,15). The molecule has 6 nitrogen and oxygen atoms in total. The molecular formula is C9H4Cl2N2O4. The van der Waals surface area contributed by atoms with Crippen LogP contribution in [0.5, 0.6) is 0 Å². The first kappa shape index (κ1) is 11.8. The molecule has 0 atom stereocenters. The van der Waals surface area contributed by atoms with Crippen LogP contribution in [0.3, 0.4) is 0 Å². The second-order valence-electron chi connectivity index (χ2n) is 3.31. The number of carbonyl (C=O) groups is 2. The van der Waals surface area contributed by atoms with Gasteiger partial charge in [0.15, 0.2) is 0 Å². The van der Waals surface area contributed by atoms with Crippen molar-refractivity contribution in [2.24, 2.45) is 0 Å². The monoisotopic (exact) mass is 274 g/mol. The summed E-state index contributed by atoms with van der Waals surface area (Å²) in [7, 11) is 0. The van der Waals surface area contributed by atoms with Crippen LogP contribution in [0.15, 0.2) is 18.2 Å². The Balaban J connectivity index is 2.69. The highest BCUT2D eigenvalue weighted by Crippen LogP contribution is 2.39. The highest BCUT2D eigenvalue weighted by Gasteiger charge is 2.48. The SMILES string of the molecule is O=C1Nc2c(cccc2[N+](=O)[O-])C(=O)C1(Cl)Cl. The predicted molar refractivity (Wildman–Crippen MR) is 60.5 cm³/mol. The van der Waals surface area contributed by atoms with Gasteiger partial charge in [-0.05, 0) is 6.07 Å². The van der Waals surface area contributed by atoms with Gasteiger partial charge >= 0.3 is 0 Å². The second-order valence-corrected chi connectivity index (χ2v) is 4.64. The summed E-state index contributed by atoms with van der Waals surface area (Å²) in [5.41, 5.74) is -0.638. The Hall–Kier alpha value is -1.66. The molecule has 1 amide bonds. The summed E-state index contributed by atoms with van der Waals surface area (Å²) >= 11 is 11.1. The summed E-state index contributed by atoms with van der Waals surface area (Å²) in [6, 6.07) is 3.79. The number of hydrogen-bond acceptors (Lipinski definition) is 4. The summed E-state index contributed by atoms with van der Waals surface area (Å²) in [5, 5.41) is 12.9. The molecule has 1 N–H and O–H groups in total. The van der Waals surface area contributed by atoms with Crippen molar-refractivity contribution in [3.8, 4) is 0 Å². The molecule has 2 rings (SSSR count). The third-order valence-corrected chi connectivity index (χ3v) is 2.98. The molecule has 88 valence electrons. The molecule has 0 aromatic heterocycles. The van der Waals surface area contributed by atoms with E-state index in [4.69, 9.17) is 23.2 Å². The van der Waals surface area contributed by atoms with Gasteiger partial charge in [-0.25, -0.2) is 0 Å². The quantitative estimate of drug-likeness (QED) is 0.367. The lowest BCUT2D eigenvalue weighted by atomic mass is 10.00. The maximum atomic E-state index is 11.8. The van der Waals surface area contributed by atoms with Gasteiger partial charge in [0.25, 0.3) is 15.9 Å². The van der Waals surface area contributed by atoms with E-state index in [-0.39, 0.29) is 16.9 Å². The smallest absolute Gasteiger partial charge is 0.293 e. The number of Topliss-reactive ketones (excluding diaryl/α,β-unsaturated/α-hetero) is 1. The van der Waals surface area contributed by atoms with Gasteiger partial charge in [-0.1, -0.05) is 29.3 Å². The first-order valence-electron chi connectivity index (χ1n) is 4.37. The van der Waals surface area contributed by atoms with Gasteiger partial charge in [0.2, 0.25) is 5.78 Å². The zero-order chi connectivity index (χ0) is 12.8. The van der Waals surface area contributed by atoms with Crippen LogP contribution in [0.1, 0.15) is 10.4 Å². The van der Waals surface area contributed by atoms with Crippen molar-refractivity contribution in [2.45, 2.75) is 4.33 Å². The number of nitrogens with one attached hydrogen (secondary N) is 1. The summed E-state index contributed by atoms with van der Waals surface area (Å²) in [5.74, 6) is -1.86. The molecule has 0 fully saturated rings. The molecule has 1 aliphatic heterocycles. The number of fused-ring (bicyclic) bond motifs is 1. The molecule has 17 heavy (non-hydrogen) atoms. The Labute approximate surface area is 105 Å². The Morgan fingerprint density at radius 3 is 2.53 bits per heavy atom. The number of amides is 1. The molecule has 0 saturated heterocycles. The van der Waals surface area contributed by atoms with Gasteiger partial charge in [-0.2, -0.15) is 0 Å². The number of hydrogen-bond donors (Lipinski definition) is 1. The van der Waals surface area contributed by atoms with Crippen molar-refractivity contribution < 1.29 is 14.5 Å². The van der Waals surface area contributed by atoms with Crippen molar-refractivity contribution in [3.05, 3.63) is 33.9 Å². The number of benzene rings is 1. The van der Waals surface area contributed by atoms with Crippen molar-refractivity contribution in [1.29, 1.82) is 0 Å². The van der Waals surface area contributed by atoms with E-state index in [1.54, 1.807) is 0 Å². The number of para-hydroxylation sites is 1. The predicted octanol–water partition coefficient (Wildman–Crippen LogP) is 1.90. The average molecular weight is 275 g/mol. The van der Waals surface area contributed by atoms with Crippen LogP contribution >= 0.6 is 23.2 Å². The van der Waals surface area contributed by atoms with E-state index in [0.29, 0.717) is 0 Å². The minimum atomic E-state index is -2.25. The number of halogens is 2. The largest absolute Gasteiger partial charge is 0.317 e. The summed E-state index contributed by atoms with van der Waals surface area (Å²) < 4.78 is -2.25.